The number of hydrogen-bond donors (Lipinski definition) is 0. The van der Waals surface area contributed by atoms with Crippen molar-refractivity contribution in [3.05, 3.63) is 57.9 Å². The summed E-state index contributed by atoms with van der Waals surface area (Å²) in [6.07, 6.45) is 9.10. The number of allylic oxidation sites excluding steroid dienone is 3. The van der Waals surface area contributed by atoms with E-state index in [1.807, 2.05) is 11.8 Å². The van der Waals surface area contributed by atoms with Gasteiger partial charge in [-0.2, -0.15) is 0 Å². The number of hydrogen-bond acceptors (Lipinski definition) is 1. The van der Waals surface area contributed by atoms with Gasteiger partial charge < -0.3 is 0 Å². The van der Waals surface area contributed by atoms with Gasteiger partial charge in [0, 0.05) is 4.91 Å². The third-order valence-corrected chi connectivity index (χ3v) is 3.76. The Hall–Kier alpha value is -1.21. The van der Waals surface area contributed by atoms with Gasteiger partial charge in [-0.3, -0.25) is 0 Å². The first kappa shape index (κ1) is 9.05. The molecule has 1 aromatic rings. The fraction of sp³-hybridized carbons (Fsp3) is 0.143. The average molecular weight is 212 g/mol. The Balaban J connectivity index is 2.23. The van der Waals surface area contributed by atoms with Crippen LogP contribution >= 0.6 is 11.8 Å². The van der Waals surface area contributed by atoms with Crippen molar-refractivity contribution in [2.45, 2.75) is 12.8 Å². The topological polar surface area (TPSA) is 0 Å². The van der Waals surface area contributed by atoms with E-state index in [1.54, 1.807) is 0 Å². The van der Waals surface area contributed by atoms with Gasteiger partial charge in [0.25, 0.3) is 0 Å². The van der Waals surface area contributed by atoms with E-state index in [-0.39, 0.29) is 0 Å². The molecule has 1 aliphatic heterocycles. The first-order chi connectivity index (χ1) is 7.45. The van der Waals surface area contributed by atoms with Gasteiger partial charge in [0.15, 0.2) is 0 Å². The standard InChI is InChI=1S/C14H12S/c1-2-6-12-11(5-1)9-10-15-14-8-4-3-7-13(12)14/h1-2,4-6,8-10H,3,7H2. The third-order valence-electron chi connectivity index (χ3n) is 2.86. The molecular weight excluding hydrogens is 200 g/mol. The molecule has 0 radical (unpaired) electrons. The summed E-state index contributed by atoms with van der Waals surface area (Å²) in [6, 6.07) is 8.67. The summed E-state index contributed by atoms with van der Waals surface area (Å²) in [5.74, 6) is 0. The molecule has 0 atom stereocenters. The molecule has 0 unspecified atom stereocenters. The van der Waals surface area contributed by atoms with Crippen LogP contribution in [0.4, 0.5) is 0 Å². The summed E-state index contributed by atoms with van der Waals surface area (Å²) in [5, 5.41) is 2.19. The van der Waals surface area contributed by atoms with Crippen molar-refractivity contribution in [3.63, 3.8) is 0 Å². The molecule has 1 aliphatic carbocycles. The fourth-order valence-corrected chi connectivity index (χ4v) is 3.01. The lowest BCUT2D eigenvalue weighted by Crippen LogP contribution is -1.93. The van der Waals surface area contributed by atoms with E-state index in [9.17, 15) is 0 Å². The van der Waals surface area contributed by atoms with Gasteiger partial charge in [-0.25, -0.2) is 0 Å². The molecule has 0 aromatic heterocycles. The number of rotatable bonds is 0. The Morgan fingerprint density at radius 2 is 2.00 bits per heavy atom. The molecule has 2 aliphatic rings. The Labute approximate surface area is 94.4 Å². The quantitative estimate of drug-likeness (QED) is 0.611. The molecule has 74 valence electrons. The minimum absolute atomic E-state index is 1.17. The minimum Gasteiger partial charge on any atom is -0.0978 e. The van der Waals surface area contributed by atoms with Crippen LogP contribution in [0.3, 0.4) is 0 Å². The van der Waals surface area contributed by atoms with Crippen LogP contribution in [-0.2, 0) is 0 Å². The first-order valence-electron chi connectivity index (χ1n) is 5.27. The lowest BCUT2D eigenvalue weighted by Gasteiger charge is -2.14. The SMILES string of the molecule is C1=CC2=C(CC1)c1ccccc1C=CS2. The van der Waals surface area contributed by atoms with Crippen LogP contribution in [0.25, 0.3) is 11.6 Å². The van der Waals surface area contributed by atoms with Crippen LogP contribution < -0.4 is 0 Å². The molecule has 15 heavy (non-hydrogen) atoms. The summed E-state index contributed by atoms with van der Waals surface area (Å²) < 4.78 is 0. The summed E-state index contributed by atoms with van der Waals surface area (Å²) in [7, 11) is 0. The summed E-state index contributed by atoms with van der Waals surface area (Å²) in [5.41, 5.74) is 4.28. The van der Waals surface area contributed by atoms with Crippen LogP contribution in [0.15, 0.2) is 46.7 Å². The second kappa shape index (κ2) is 3.74. The Kier molecular flexibility index (Phi) is 2.26. The molecule has 0 saturated carbocycles. The molecule has 0 amide bonds. The molecule has 3 rings (SSSR count). The molecule has 0 spiro atoms. The maximum atomic E-state index is 2.27. The van der Waals surface area contributed by atoms with E-state index in [2.05, 4.69) is 47.9 Å². The van der Waals surface area contributed by atoms with Crippen molar-refractivity contribution in [2.75, 3.05) is 0 Å². The monoisotopic (exact) mass is 212 g/mol. The highest BCUT2D eigenvalue weighted by molar-refractivity contribution is 8.06. The van der Waals surface area contributed by atoms with E-state index >= 15 is 0 Å². The average Bonchev–Trinajstić information content (AvgIpc) is 2.48. The molecule has 0 nitrogen and oxygen atoms in total. The Morgan fingerprint density at radius 1 is 1.07 bits per heavy atom. The second-order valence-corrected chi connectivity index (χ2v) is 4.74. The molecule has 1 heterocycles. The second-order valence-electron chi connectivity index (χ2n) is 3.79. The third kappa shape index (κ3) is 1.57. The highest BCUT2D eigenvalue weighted by atomic mass is 32.2. The normalized spacial score (nSPS) is 18.4. The van der Waals surface area contributed by atoms with Crippen LogP contribution in [0.1, 0.15) is 24.0 Å². The number of thioether (sulfide) groups is 1. The van der Waals surface area contributed by atoms with E-state index in [0.29, 0.717) is 0 Å². The van der Waals surface area contributed by atoms with Crippen LogP contribution in [0.5, 0.6) is 0 Å². The Morgan fingerprint density at radius 3 is 3.00 bits per heavy atom. The van der Waals surface area contributed by atoms with Gasteiger partial charge >= 0.3 is 0 Å². The van der Waals surface area contributed by atoms with Crippen molar-refractivity contribution in [3.8, 4) is 0 Å². The lowest BCUT2D eigenvalue weighted by molar-refractivity contribution is 1.05. The van der Waals surface area contributed by atoms with E-state index in [4.69, 9.17) is 0 Å². The van der Waals surface area contributed by atoms with Gasteiger partial charge in [0.1, 0.15) is 0 Å². The zero-order valence-electron chi connectivity index (χ0n) is 8.44. The van der Waals surface area contributed by atoms with Crippen LogP contribution in [0.2, 0.25) is 0 Å². The zero-order chi connectivity index (χ0) is 10.1. The van der Waals surface area contributed by atoms with Crippen molar-refractivity contribution in [1.82, 2.24) is 0 Å². The van der Waals surface area contributed by atoms with E-state index < -0.39 is 0 Å². The first-order valence-corrected chi connectivity index (χ1v) is 6.15. The van der Waals surface area contributed by atoms with Gasteiger partial charge in [-0.05, 0) is 41.0 Å². The predicted octanol–water partition coefficient (Wildman–Crippen LogP) is 4.47. The molecule has 0 saturated heterocycles. The predicted molar refractivity (Wildman–Crippen MR) is 68.4 cm³/mol. The molecule has 0 N–H and O–H groups in total. The molecule has 0 fully saturated rings. The fourth-order valence-electron chi connectivity index (χ4n) is 2.12. The summed E-state index contributed by atoms with van der Waals surface area (Å²) >= 11 is 1.84. The van der Waals surface area contributed by atoms with Gasteiger partial charge in [0.2, 0.25) is 0 Å². The van der Waals surface area contributed by atoms with E-state index in [0.717, 1.165) is 0 Å². The van der Waals surface area contributed by atoms with Gasteiger partial charge in [-0.15, -0.1) is 0 Å². The van der Waals surface area contributed by atoms with Crippen LogP contribution in [0, 0.1) is 0 Å². The maximum absolute atomic E-state index is 2.27. The molecule has 0 bridgehead atoms. The maximum Gasteiger partial charge on any atom is 0.0151 e. The van der Waals surface area contributed by atoms with Gasteiger partial charge in [-0.1, -0.05) is 48.2 Å². The minimum atomic E-state index is 1.17. The largest absolute Gasteiger partial charge is 0.0978 e. The summed E-state index contributed by atoms with van der Waals surface area (Å²) in [4.78, 5) is 1.42. The van der Waals surface area contributed by atoms with Crippen molar-refractivity contribution in [2.24, 2.45) is 0 Å². The van der Waals surface area contributed by atoms with Crippen molar-refractivity contribution >= 4 is 23.4 Å². The van der Waals surface area contributed by atoms with E-state index in [1.165, 1.54) is 34.4 Å². The summed E-state index contributed by atoms with van der Waals surface area (Å²) in [6.45, 7) is 0. The molecule has 1 aromatic carbocycles. The number of benzene rings is 1. The number of fused-ring (bicyclic) bond motifs is 2. The highest BCUT2D eigenvalue weighted by Gasteiger charge is 2.14. The molecular formula is C14H12S. The Bertz CT molecular complexity index is 478. The van der Waals surface area contributed by atoms with Crippen molar-refractivity contribution in [1.29, 1.82) is 0 Å². The van der Waals surface area contributed by atoms with Gasteiger partial charge in [0.05, 0.1) is 0 Å². The smallest absolute Gasteiger partial charge is 0.0151 e. The zero-order valence-corrected chi connectivity index (χ0v) is 9.26. The lowest BCUT2D eigenvalue weighted by atomic mass is 9.93. The highest BCUT2D eigenvalue weighted by Crippen LogP contribution is 2.39. The van der Waals surface area contributed by atoms with Crippen LogP contribution in [-0.4, -0.2) is 0 Å². The molecule has 1 heteroatoms. The van der Waals surface area contributed by atoms with Crippen molar-refractivity contribution < 1.29 is 0 Å².